The van der Waals surface area contributed by atoms with Crippen molar-refractivity contribution < 1.29 is 14.7 Å². The number of benzene rings is 2. The van der Waals surface area contributed by atoms with Crippen LogP contribution < -0.4 is 10.9 Å². The fraction of sp³-hybridized carbons (Fsp3) is 0.111. The van der Waals surface area contributed by atoms with Gasteiger partial charge in [0.15, 0.2) is 0 Å². The van der Waals surface area contributed by atoms with Crippen molar-refractivity contribution in [3.8, 4) is 5.75 Å². The number of hydrazine groups is 1. The Kier molecular flexibility index (Phi) is 4.90. The van der Waals surface area contributed by atoms with Crippen LogP contribution in [0, 0.1) is 0 Å². The van der Waals surface area contributed by atoms with Crippen molar-refractivity contribution in [3.05, 3.63) is 65.3 Å². The molecule has 25 heavy (non-hydrogen) atoms. The van der Waals surface area contributed by atoms with Crippen molar-refractivity contribution in [2.45, 2.75) is 13.0 Å². The number of nitrogens with one attached hydrogen (secondary N) is 2. The number of amides is 2. The summed E-state index contributed by atoms with van der Waals surface area (Å²) in [6.45, 7) is 0.484. The molecular formula is C18H16ClN3O3. The summed E-state index contributed by atoms with van der Waals surface area (Å²) in [5.41, 5.74) is 5.63. The van der Waals surface area contributed by atoms with E-state index < -0.39 is 5.91 Å². The van der Waals surface area contributed by atoms with Crippen molar-refractivity contribution in [1.82, 2.24) is 15.4 Å². The van der Waals surface area contributed by atoms with Gasteiger partial charge in [-0.05, 0) is 35.7 Å². The number of halogens is 1. The SMILES string of the molecule is O=C(CCn1ccc2ccccc21)NNC(=O)c1cc(Cl)ccc1O. The summed E-state index contributed by atoms with van der Waals surface area (Å²) in [6.07, 6.45) is 2.11. The molecule has 2 aromatic carbocycles. The number of nitrogens with zero attached hydrogens (tertiary/aromatic N) is 1. The fourth-order valence-electron chi connectivity index (χ4n) is 2.50. The number of phenols is 1. The fourth-order valence-corrected chi connectivity index (χ4v) is 2.68. The Morgan fingerprint density at radius 2 is 1.88 bits per heavy atom. The molecule has 0 saturated carbocycles. The van der Waals surface area contributed by atoms with Crippen molar-refractivity contribution in [1.29, 1.82) is 0 Å². The smallest absolute Gasteiger partial charge is 0.273 e. The van der Waals surface area contributed by atoms with Gasteiger partial charge in [0.25, 0.3) is 5.91 Å². The molecule has 6 nitrogen and oxygen atoms in total. The van der Waals surface area contributed by atoms with Gasteiger partial charge in [-0.25, -0.2) is 0 Å². The largest absolute Gasteiger partial charge is 0.507 e. The normalized spacial score (nSPS) is 10.6. The summed E-state index contributed by atoms with van der Waals surface area (Å²) < 4.78 is 1.97. The minimum atomic E-state index is -0.639. The molecule has 3 N–H and O–H groups in total. The zero-order valence-electron chi connectivity index (χ0n) is 13.2. The average molecular weight is 358 g/mol. The number of phenolic OH excluding ortho intramolecular Hbond substituents is 1. The zero-order chi connectivity index (χ0) is 17.8. The van der Waals surface area contributed by atoms with Crippen LogP contribution in [-0.2, 0) is 11.3 Å². The molecule has 1 heterocycles. The maximum Gasteiger partial charge on any atom is 0.273 e. The van der Waals surface area contributed by atoms with Crippen LogP contribution in [0.1, 0.15) is 16.8 Å². The van der Waals surface area contributed by atoms with E-state index in [4.69, 9.17) is 11.6 Å². The molecular weight excluding hydrogens is 342 g/mol. The first-order valence-electron chi connectivity index (χ1n) is 7.66. The van der Waals surface area contributed by atoms with E-state index >= 15 is 0 Å². The number of hydrogen-bond donors (Lipinski definition) is 3. The van der Waals surface area contributed by atoms with E-state index in [0.29, 0.717) is 11.6 Å². The highest BCUT2D eigenvalue weighted by molar-refractivity contribution is 6.31. The van der Waals surface area contributed by atoms with E-state index in [1.165, 1.54) is 18.2 Å². The molecule has 7 heteroatoms. The first-order chi connectivity index (χ1) is 12.0. The van der Waals surface area contributed by atoms with Crippen LogP contribution in [-0.4, -0.2) is 21.5 Å². The first-order valence-corrected chi connectivity index (χ1v) is 8.04. The second-order valence-electron chi connectivity index (χ2n) is 5.48. The molecule has 0 atom stereocenters. The number of carbonyl (C=O) groups excluding carboxylic acids is 2. The van der Waals surface area contributed by atoms with E-state index in [1.807, 2.05) is 41.1 Å². The number of fused-ring (bicyclic) bond motifs is 1. The molecule has 0 aliphatic heterocycles. The van der Waals surface area contributed by atoms with Gasteiger partial charge in [0.2, 0.25) is 5.91 Å². The van der Waals surface area contributed by atoms with Crippen LogP contribution in [0.25, 0.3) is 10.9 Å². The third-order valence-electron chi connectivity index (χ3n) is 3.78. The highest BCUT2D eigenvalue weighted by atomic mass is 35.5. The second kappa shape index (κ2) is 7.27. The Morgan fingerprint density at radius 1 is 1.08 bits per heavy atom. The molecule has 3 rings (SSSR count). The van der Waals surface area contributed by atoms with E-state index in [1.54, 1.807) is 0 Å². The number of rotatable bonds is 4. The Labute approximate surface area is 149 Å². The zero-order valence-corrected chi connectivity index (χ0v) is 14.0. The summed E-state index contributed by atoms with van der Waals surface area (Å²) in [7, 11) is 0. The van der Waals surface area contributed by atoms with Gasteiger partial charge in [0.05, 0.1) is 5.56 Å². The van der Waals surface area contributed by atoms with Crippen molar-refractivity contribution in [2.75, 3.05) is 0 Å². The van der Waals surface area contributed by atoms with Gasteiger partial charge in [0, 0.05) is 29.7 Å². The average Bonchev–Trinajstić information content (AvgIpc) is 3.03. The van der Waals surface area contributed by atoms with Gasteiger partial charge in [-0.3, -0.25) is 20.4 Å². The molecule has 0 spiro atoms. The van der Waals surface area contributed by atoms with Crippen molar-refractivity contribution >= 4 is 34.3 Å². The van der Waals surface area contributed by atoms with E-state index in [-0.39, 0.29) is 23.6 Å². The number of aromatic nitrogens is 1. The van der Waals surface area contributed by atoms with Crippen LogP contribution in [0.3, 0.4) is 0 Å². The number of aromatic hydroxyl groups is 1. The Hall–Kier alpha value is -2.99. The van der Waals surface area contributed by atoms with Gasteiger partial charge >= 0.3 is 0 Å². The maximum atomic E-state index is 12.0. The Balaban J connectivity index is 1.54. The van der Waals surface area contributed by atoms with E-state index in [9.17, 15) is 14.7 Å². The van der Waals surface area contributed by atoms with Gasteiger partial charge in [0.1, 0.15) is 5.75 Å². The van der Waals surface area contributed by atoms with Crippen LogP contribution >= 0.6 is 11.6 Å². The lowest BCUT2D eigenvalue weighted by Gasteiger charge is -2.09. The second-order valence-corrected chi connectivity index (χ2v) is 5.92. The third-order valence-corrected chi connectivity index (χ3v) is 4.01. The standard InChI is InChI=1S/C18H16ClN3O3/c19-13-5-6-16(23)14(11-13)18(25)21-20-17(24)8-10-22-9-7-12-3-1-2-4-15(12)22/h1-7,9,11,23H,8,10H2,(H,20,24)(H,21,25). The van der Waals surface area contributed by atoms with E-state index in [0.717, 1.165) is 10.9 Å². The molecule has 1 aromatic heterocycles. The molecule has 0 unspecified atom stereocenters. The predicted octanol–water partition coefficient (Wildman–Crippen LogP) is 2.85. The van der Waals surface area contributed by atoms with Crippen LogP contribution in [0.15, 0.2) is 54.7 Å². The molecule has 0 aliphatic rings. The Bertz CT molecular complexity index is 936. The molecule has 0 fully saturated rings. The van der Waals surface area contributed by atoms with Crippen molar-refractivity contribution in [3.63, 3.8) is 0 Å². The number of hydrogen-bond acceptors (Lipinski definition) is 3. The minimum Gasteiger partial charge on any atom is -0.507 e. The summed E-state index contributed by atoms with van der Waals surface area (Å²) in [5.74, 6) is -1.19. The lowest BCUT2D eigenvalue weighted by Crippen LogP contribution is -2.41. The molecule has 0 aliphatic carbocycles. The summed E-state index contributed by atoms with van der Waals surface area (Å²) in [6, 6.07) is 14.0. The molecule has 0 saturated heterocycles. The van der Waals surface area contributed by atoms with Crippen LogP contribution in [0.2, 0.25) is 5.02 Å². The van der Waals surface area contributed by atoms with Gasteiger partial charge in [-0.1, -0.05) is 29.8 Å². The molecule has 2 amide bonds. The number of carbonyl (C=O) groups is 2. The summed E-state index contributed by atoms with van der Waals surface area (Å²) >= 11 is 5.80. The number of aryl methyl sites for hydroxylation is 1. The lowest BCUT2D eigenvalue weighted by molar-refractivity contribution is -0.122. The van der Waals surface area contributed by atoms with Gasteiger partial charge in [-0.2, -0.15) is 0 Å². The molecule has 128 valence electrons. The highest BCUT2D eigenvalue weighted by Gasteiger charge is 2.12. The quantitative estimate of drug-likeness (QED) is 0.628. The predicted molar refractivity (Wildman–Crippen MR) is 95.3 cm³/mol. The van der Waals surface area contributed by atoms with E-state index in [2.05, 4.69) is 10.9 Å². The molecule has 0 bridgehead atoms. The summed E-state index contributed by atoms with van der Waals surface area (Å²) in [4.78, 5) is 23.9. The maximum absolute atomic E-state index is 12.0. The number of para-hydroxylation sites is 1. The van der Waals surface area contributed by atoms with Gasteiger partial charge < -0.3 is 9.67 Å². The van der Waals surface area contributed by atoms with Crippen LogP contribution in [0.4, 0.5) is 0 Å². The monoisotopic (exact) mass is 357 g/mol. The topological polar surface area (TPSA) is 83.4 Å². The first kappa shape index (κ1) is 16.9. The lowest BCUT2D eigenvalue weighted by atomic mass is 10.2. The summed E-state index contributed by atoms with van der Waals surface area (Å²) in [5, 5.41) is 11.1. The minimum absolute atomic E-state index is 0.01000. The Morgan fingerprint density at radius 3 is 2.72 bits per heavy atom. The highest BCUT2D eigenvalue weighted by Crippen LogP contribution is 2.21. The molecule has 3 aromatic rings. The van der Waals surface area contributed by atoms with Crippen LogP contribution in [0.5, 0.6) is 5.75 Å². The third kappa shape index (κ3) is 3.92. The molecule has 0 radical (unpaired) electrons. The van der Waals surface area contributed by atoms with Gasteiger partial charge in [-0.15, -0.1) is 0 Å². The van der Waals surface area contributed by atoms with Crippen molar-refractivity contribution in [2.24, 2.45) is 0 Å².